The molecule has 5 nitrogen and oxygen atoms in total. The van der Waals surface area contributed by atoms with Gasteiger partial charge in [0.25, 0.3) is 5.91 Å². The van der Waals surface area contributed by atoms with Gasteiger partial charge in [-0.1, -0.05) is 18.2 Å². The first-order valence-corrected chi connectivity index (χ1v) is 6.72. The van der Waals surface area contributed by atoms with Crippen LogP contribution in [0.4, 0.5) is 5.69 Å². The Kier molecular flexibility index (Phi) is 5.04. The maximum absolute atomic E-state index is 11.9. The van der Waals surface area contributed by atoms with Crippen LogP contribution in [-0.2, 0) is 4.79 Å². The molecule has 21 heavy (non-hydrogen) atoms. The zero-order valence-corrected chi connectivity index (χ0v) is 12.1. The summed E-state index contributed by atoms with van der Waals surface area (Å²) in [6.45, 7) is 3.79. The van der Waals surface area contributed by atoms with Crippen molar-refractivity contribution in [1.82, 2.24) is 10.4 Å². The molecule has 108 valence electrons. The fourth-order valence-electron chi connectivity index (χ4n) is 1.75. The lowest BCUT2D eigenvalue weighted by Crippen LogP contribution is -2.35. The number of rotatable bonds is 5. The van der Waals surface area contributed by atoms with Crippen molar-refractivity contribution in [3.63, 3.8) is 0 Å². The van der Waals surface area contributed by atoms with Gasteiger partial charge in [-0.3, -0.25) is 9.78 Å². The maximum Gasteiger partial charge on any atom is 0.262 e. The van der Waals surface area contributed by atoms with Gasteiger partial charge in [0.15, 0.2) is 0 Å². The van der Waals surface area contributed by atoms with Gasteiger partial charge in [0.2, 0.25) is 0 Å². The second-order valence-electron chi connectivity index (χ2n) is 4.70. The van der Waals surface area contributed by atoms with Crippen LogP contribution in [0.2, 0.25) is 0 Å². The van der Waals surface area contributed by atoms with E-state index in [1.807, 2.05) is 43.3 Å². The molecular weight excluding hydrogens is 264 g/mol. The van der Waals surface area contributed by atoms with Crippen molar-refractivity contribution < 1.29 is 4.79 Å². The first-order chi connectivity index (χ1) is 10.2. The number of aromatic nitrogens is 1. The predicted octanol–water partition coefficient (Wildman–Crippen LogP) is 2.34. The third kappa shape index (κ3) is 4.42. The minimum absolute atomic E-state index is 0.191. The zero-order chi connectivity index (χ0) is 15.1. The highest BCUT2D eigenvalue weighted by Crippen LogP contribution is 2.14. The fraction of sp³-hybridized carbons (Fsp3) is 0.188. The van der Waals surface area contributed by atoms with E-state index in [2.05, 4.69) is 20.8 Å². The number of carbonyl (C=O) groups excluding carboxylic acids is 1. The Labute approximate surface area is 124 Å². The van der Waals surface area contributed by atoms with Crippen LogP contribution in [0.5, 0.6) is 0 Å². The molecule has 0 aliphatic carbocycles. The summed E-state index contributed by atoms with van der Waals surface area (Å²) in [6, 6.07) is 11.1. The Bertz CT molecular complexity index is 625. The minimum Gasteiger partial charge on any atom is -0.374 e. The van der Waals surface area contributed by atoms with E-state index in [4.69, 9.17) is 0 Å². The molecule has 2 rings (SSSR count). The minimum atomic E-state index is -0.374. The third-order valence-corrected chi connectivity index (χ3v) is 3.00. The lowest BCUT2D eigenvalue weighted by molar-refractivity contribution is -0.121. The molecule has 0 spiro atoms. The van der Waals surface area contributed by atoms with Crippen molar-refractivity contribution in [2.45, 2.75) is 19.9 Å². The number of benzene rings is 1. The van der Waals surface area contributed by atoms with E-state index in [1.54, 1.807) is 25.5 Å². The Balaban J connectivity index is 1.88. The highest BCUT2D eigenvalue weighted by Gasteiger charge is 2.12. The van der Waals surface area contributed by atoms with Gasteiger partial charge in [-0.2, -0.15) is 5.10 Å². The molecule has 0 radical (unpaired) electrons. The number of hydrogen-bond donors (Lipinski definition) is 2. The lowest BCUT2D eigenvalue weighted by atomic mass is 10.2. The topological polar surface area (TPSA) is 66.4 Å². The molecule has 1 heterocycles. The van der Waals surface area contributed by atoms with Gasteiger partial charge < -0.3 is 5.32 Å². The number of para-hydroxylation sites is 1. The Morgan fingerprint density at radius 3 is 2.67 bits per heavy atom. The van der Waals surface area contributed by atoms with Crippen molar-refractivity contribution in [2.75, 3.05) is 5.32 Å². The standard InChI is InChI=1S/C16H18N4O/c1-12-5-3-4-6-15(12)19-13(2)16(21)20-18-11-14-7-9-17-10-8-14/h3-11,13,19H,1-2H3,(H,20,21)/b18-11+. The number of hydrazone groups is 1. The largest absolute Gasteiger partial charge is 0.374 e. The van der Waals surface area contributed by atoms with Gasteiger partial charge >= 0.3 is 0 Å². The van der Waals surface area contributed by atoms with Crippen LogP contribution in [0, 0.1) is 6.92 Å². The van der Waals surface area contributed by atoms with E-state index < -0.39 is 0 Å². The normalized spacial score (nSPS) is 12.1. The molecule has 0 saturated heterocycles. The highest BCUT2D eigenvalue weighted by atomic mass is 16.2. The Morgan fingerprint density at radius 1 is 1.24 bits per heavy atom. The number of carbonyl (C=O) groups is 1. The second-order valence-corrected chi connectivity index (χ2v) is 4.70. The van der Waals surface area contributed by atoms with E-state index >= 15 is 0 Å². The van der Waals surface area contributed by atoms with Crippen molar-refractivity contribution in [3.05, 3.63) is 59.9 Å². The quantitative estimate of drug-likeness (QED) is 0.653. The van der Waals surface area contributed by atoms with Crippen LogP contribution in [0.25, 0.3) is 0 Å². The van der Waals surface area contributed by atoms with Crippen LogP contribution >= 0.6 is 0 Å². The summed E-state index contributed by atoms with van der Waals surface area (Å²) in [6.07, 6.45) is 4.93. The highest BCUT2D eigenvalue weighted by molar-refractivity contribution is 5.86. The van der Waals surface area contributed by atoms with Crippen LogP contribution < -0.4 is 10.7 Å². The fourth-order valence-corrected chi connectivity index (χ4v) is 1.75. The monoisotopic (exact) mass is 282 g/mol. The van der Waals surface area contributed by atoms with Crippen LogP contribution in [0.3, 0.4) is 0 Å². The first kappa shape index (κ1) is 14.7. The van der Waals surface area contributed by atoms with Gasteiger partial charge in [-0.15, -0.1) is 0 Å². The van der Waals surface area contributed by atoms with E-state index in [0.717, 1.165) is 16.8 Å². The number of nitrogens with one attached hydrogen (secondary N) is 2. The first-order valence-electron chi connectivity index (χ1n) is 6.72. The molecule has 5 heteroatoms. The Hall–Kier alpha value is -2.69. The summed E-state index contributed by atoms with van der Waals surface area (Å²) < 4.78 is 0. The second kappa shape index (κ2) is 7.19. The van der Waals surface area contributed by atoms with Gasteiger partial charge in [0, 0.05) is 18.1 Å². The summed E-state index contributed by atoms with van der Waals surface area (Å²) in [5.74, 6) is -0.191. The molecule has 1 aromatic heterocycles. The summed E-state index contributed by atoms with van der Waals surface area (Å²) in [5.41, 5.74) is 5.44. The average molecular weight is 282 g/mol. The van der Waals surface area contributed by atoms with Crippen molar-refractivity contribution >= 4 is 17.8 Å². The molecule has 0 fully saturated rings. The number of pyridine rings is 1. The molecule has 0 aliphatic heterocycles. The average Bonchev–Trinajstić information content (AvgIpc) is 2.50. The Morgan fingerprint density at radius 2 is 1.95 bits per heavy atom. The van der Waals surface area contributed by atoms with Gasteiger partial charge in [0.1, 0.15) is 6.04 Å². The molecule has 1 atom stereocenters. The number of anilines is 1. The molecule has 2 N–H and O–H groups in total. The van der Waals surface area contributed by atoms with E-state index in [0.29, 0.717) is 0 Å². The molecule has 0 bridgehead atoms. The third-order valence-electron chi connectivity index (χ3n) is 3.00. The number of hydrogen-bond acceptors (Lipinski definition) is 4. The number of aryl methyl sites for hydroxylation is 1. The van der Waals surface area contributed by atoms with Crippen molar-refractivity contribution in [2.24, 2.45) is 5.10 Å². The molecule has 0 aliphatic rings. The maximum atomic E-state index is 11.9. The molecule has 1 amide bonds. The SMILES string of the molecule is Cc1ccccc1NC(C)C(=O)N/N=C/c1ccncc1. The van der Waals surface area contributed by atoms with Gasteiger partial charge in [-0.25, -0.2) is 5.43 Å². The number of amides is 1. The number of nitrogens with zero attached hydrogens (tertiary/aromatic N) is 2. The lowest BCUT2D eigenvalue weighted by Gasteiger charge is -2.15. The molecule has 1 unspecified atom stereocenters. The van der Waals surface area contributed by atoms with E-state index in [9.17, 15) is 4.79 Å². The van der Waals surface area contributed by atoms with E-state index in [-0.39, 0.29) is 11.9 Å². The summed E-state index contributed by atoms with van der Waals surface area (Å²) in [7, 11) is 0. The van der Waals surface area contributed by atoms with Gasteiger partial charge in [0.05, 0.1) is 6.21 Å². The summed E-state index contributed by atoms with van der Waals surface area (Å²) >= 11 is 0. The summed E-state index contributed by atoms with van der Waals surface area (Å²) in [4.78, 5) is 15.9. The molecule has 0 saturated carbocycles. The molecular formula is C16H18N4O. The molecule has 2 aromatic rings. The van der Waals surface area contributed by atoms with Crippen LogP contribution in [0.1, 0.15) is 18.1 Å². The van der Waals surface area contributed by atoms with E-state index in [1.165, 1.54) is 0 Å². The zero-order valence-electron chi connectivity index (χ0n) is 12.1. The smallest absolute Gasteiger partial charge is 0.262 e. The van der Waals surface area contributed by atoms with Crippen molar-refractivity contribution in [1.29, 1.82) is 0 Å². The summed E-state index contributed by atoms with van der Waals surface area (Å²) in [5, 5.41) is 7.10. The molecule has 1 aromatic carbocycles. The van der Waals surface area contributed by atoms with Crippen LogP contribution in [-0.4, -0.2) is 23.1 Å². The van der Waals surface area contributed by atoms with Crippen molar-refractivity contribution in [3.8, 4) is 0 Å². The van der Waals surface area contributed by atoms with Crippen LogP contribution in [0.15, 0.2) is 53.9 Å². The predicted molar refractivity (Wildman–Crippen MR) is 84.2 cm³/mol. The van der Waals surface area contributed by atoms with Gasteiger partial charge in [-0.05, 0) is 43.2 Å².